The number of fused-ring (bicyclic) bond motifs is 2. The van der Waals surface area contributed by atoms with Crippen molar-refractivity contribution in [2.24, 2.45) is 0 Å². The fourth-order valence-electron chi connectivity index (χ4n) is 3.28. The molecule has 0 radical (unpaired) electrons. The van der Waals surface area contributed by atoms with Crippen LogP contribution < -0.4 is 10.9 Å². The molecule has 4 rings (SSSR count). The van der Waals surface area contributed by atoms with Crippen molar-refractivity contribution in [3.63, 3.8) is 0 Å². The molecule has 2 aromatic heterocycles. The lowest BCUT2D eigenvalue weighted by Crippen LogP contribution is -2.25. The number of nitrogens with one attached hydrogen (secondary N) is 1. The minimum absolute atomic E-state index is 0.121. The molecule has 3 aromatic rings. The highest BCUT2D eigenvalue weighted by atomic mass is 32.1. The molecule has 140 valence electrons. The van der Waals surface area contributed by atoms with Gasteiger partial charge in [0.05, 0.1) is 22.9 Å². The highest BCUT2D eigenvalue weighted by Gasteiger charge is 2.19. The van der Waals surface area contributed by atoms with Gasteiger partial charge in [-0.25, -0.2) is 9.97 Å². The van der Waals surface area contributed by atoms with Gasteiger partial charge in [0, 0.05) is 37.4 Å². The van der Waals surface area contributed by atoms with Gasteiger partial charge in [0.1, 0.15) is 0 Å². The minimum Gasteiger partial charge on any atom is -0.302 e. The van der Waals surface area contributed by atoms with Gasteiger partial charge in [-0.15, -0.1) is 11.3 Å². The molecule has 7 nitrogen and oxygen atoms in total. The average Bonchev–Trinajstić information content (AvgIpc) is 3.03. The van der Waals surface area contributed by atoms with Crippen LogP contribution in [0, 0.1) is 6.92 Å². The number of carbonyl (C=O) groups excluding carboxylic acids is 1. The number of hydrogen-bond acceptors (Lipinski definition) is 6. The molecule has 1 N–H and O–H groups in total. The second kappa shape index (κ2) is 7.21. The summed E-state index contributed by atoms with van der Waals surface area (Å²) in [5.41, 5.74) is 2.64. The lowest BCUT2D eigenvalue weighted by atomic mass is 10.1. The van der Waals surface area contributed by atoms with Crippen molar-refractivity contribution in [3.8, 4) is 0 Å². The Bertz CT molecular complexity index is 1070. The van der Waals surface area contributed by atoms with E-state index in [-0.39, 0.29) is 24.4 Å². The number of aryl methyl sites for hydroxylation is 2. The third-order valence-electron chi connectivity index (χ3n) is 4.80. The van der Waals surface area contributed by atoms with E-state index in [4.69, 9.17) is 0 Å². The number of amides is 1. The zero-order valence-electron chi connectivity index (χ0n) is 15.4. The van der Waals surface area contributed by atoms with E-state index in [1.807, 2.05) is 19.1 Å². The predicted octanol–water partition coefficient (Wildman–Crippen LogP) is 2.18. The first-order valence-electron chi connectivity index (χ1n) is 8.93. The molecule has 1 aliphatic rings. The lowest BCUT2D eigenvalue weighted by Gasteiger charge is -2.20. The van der Waals surface area contributed by atoms with Crippen molar-refractivity contribution >= 4 is 33.3 Å². The summed E-state index contributed by atoms with van der Waals surface area (Å²) in [6, 6.07) is 5.54. The molecule has 0 saturated carbocycles. The number of likely N-dealkylation sites (N-methyl/N-ethyl adjacent to an activating group) is 1. The predicted molar refractivity (Wildman–Crippen MR) is 106 cm³/mol. The Labute approximate surface area is 160 Å². The zero-order chi connectivity index (χ0) is 19.0. The van der Waals surface area contributed by atoms with Gasteiger partial charge >= 0.3 is 0 Å². The van der Waals surface area contributed by atoms with E-state index in [2.05, 4.69) is 27.2 Å². The minimum atomic E-state index is -0.148. The normalized spacial score (nSPS) is 14.3. The summed E-state index contributed by atoms with van der Waals surface area (Å²) < 4.78 is 1.49. The van der Waals surface area contributed by atoms with Crippen molar-refractivity contribution < 1.29 is 4.79 Å². The Hall–Kier alpha value is -2.58. The van der Waals surface area contributed by atoms with Gasteiger partial charge < -0.3 is 10.2 Å². The van der Waals surface area contributed by atoms with E-state index in [1.54, 1.807) is 6.07 Å². The van der Waals surface area contributed by atoms with Gasteiger partial charge in [0.25, 0.3) is 5.56 Å². The van der Waals surface area contributed by atoms with Crippen molar-refractivity contribution in [1.29, 1.82) is 0 Å². The number of hydrogen-bond donors (Lipinski definition) is 1. The molecule has 0 bridgehead atoms. The standard InChI is InChI=1S/C19H21N5O2S/c1-12-4-3-5-13-17(12)20-11-24(18(13)26)9-7-16(25)22-19-21-14-6-8-23(2)10-15(14)27-19/h3-5,11H,6-10H2,1-2H3,(H,21,22,25). The molecule has 0 aliphatic carbocycles. The van der Waals surface area contributed by atoms with Crippen LogP contribution in [0.25, 0.3) is 10.9 Å². The van der Waals surface area contributed by atoms with Gasteiger partial charge in [-0.3, -0.25) is 14.2 Å². The molecule has 27 heavy (non-hydrogen) atoms. The Kier molecular flexibility index (Phi) is 4.75. The topological polar surface area (TPSA) is 80.1 Å². The summed E-state index contributed by atoms with van der Waals surface area (Å²) in [5.74, 6) is -0.148. The van der Waals surface area contributed by atoms with Crippen LogP contribution in [0.3, 0.4) is 0 Å². The summed E-state index contributed by atoms with van der Waals surface area (Å²) in [4.78, 5) is 37.2. The van der Waals surface area contributed by atoms with Crippen LogP contribution in [0.15, 0.2) is 29.3 Å². The molecule has 0 unspecified atom stereocenters. The molecule has 1 amide bonds. The van der Waals surface area contributed by atoms with E-state index in [0.29, 0.717) is 16.0 Å². The number of carbonyl (C=O) groups is 1. The third-order valence-corrected chi connectivity index (χ3v) is 5.80. The quantitative estimate of drug-likeness (QED) is 0.747. The first-order chi connectivity index (χ1) is 13.0. The van der Waals surface area contributed by atoms with Gasteiger partial charge in [0.15, 0.2) is 5.13 Å². The number of thiazole rings is 1. The summed E-state index contributed by atoms with van der Waals surface area (Å²) in [5, 5.41) is 4.08. The average molecular weight is 383 g/mol. The van der Waals surface area contributed by atoms with Crippen LogP contribution in [-0.2, 0) is 24.3 Å². The first kappa shape index (κ1) is 17.8. The van der Waals surface area contributed by atoms with Crippen LogP contribution in [0.5, 0.6) is 0 Å². The van der Waals surface area contributed by atoms with Gasteiger partial charge in [-0.1, -0.05) is 12.1 Å². The van der Waals surface area contributed by atoms with Crippen molar-refractivity contribution in [2.75, 3.05) is 18.9 Å². The Morgan fingerprint density at radius 2 is 2.22 bits per heavy atom. The lowest BCUT2D eigenvalue weighted by molar-refractivity contribution is -0.116. The Balaban J connectivity index is 1.43. The monoisotopic (exact) mass is 383 g/mol. The van der Waals surface area contributed by atoms with Crippen LogP contribution in [0.2, 0.25) is 0 Å². The number of aromatic nitrogens is 3. The van der Waals surface area contributed by atoms with Crippen LogP contribution in [-0.4, -0.2) is 38.9 Å². The summed E-state index contributed by atoms with van der Waals surface area (Å²) in [6.07, 6.45) is 2.63. The third kappa shape index (κ3) is 3.63. The maximum Gasteiger partial charge on any atom is 0.261 e. The van der Waals surface area contributed by atoms with E-state index >= 15 is 0 Å². The molecule has 0 fully saturated rings. The fourth-order valence-corrected chi connectivity index (χ4v) is 4.38. The molecular formula is C19H21N5O2S. The van der Waals surface area contributed by atoms with Crippen molar-refractivity contribution in [1.82, 2.24) is 19.4 Å². The highest BCUT2D eigenvalue weighted by Crippen LogP contribution is 2.27. The van der Waals surface area contributed by atoms with Crippen LogP contribution in [0.1, 0.15) is 22.6 Å². The van der Waals surface area contributed by atoms with E-state index in [1.165, 1.54) is 27.1 Å². The molecule has 0 atom stereocenters. The molecule has 1 aliphatic heterocycles. The van der Waals surface area contributed by atoms with Gasteiger partial charge in [0.2, 0.25) is 5.91 Å². The smallest absolute Gasteiger partial charge is 0.261 e. The number of rotatable bonds is 4. The number of benzene rings is 1. The summed E-state index contributed by atoms with van der Waals surface area (Å²) >= 11 is 1.53. The van der Waals surface area contributed by atoms with E-state index < -0.39 is 0 Å². The van der Waals surface area contributed by atoms with Crippen molar-refractivity contribution in [2.45, 2.75) is 32.9 Å². The number of anilines is 1. The van der Waals surface area contributed by atoms with Gasteiger partial charge in [-0.05, 0) is 25.6 Å². The number of para-hydroxylation sites is 1. The molecular weight excluding hydrogens is 362 g/mol. The maximum absolute atomic E-state index is 12.6. The first-order valence-corrected chi connectivity index (χ1v) is 9.74. The highest BCUT2D eigenvalue weighted by molar-refractivity contribution is 7.15. The summed E-state index contributed by atoms with van der Waals surface area (Å²) in [7, 11) is 2.08. The molecule has 1 aromatic carbocycles. The molecule has 0 saturated heterocycles. The molecule has 8 heteroatoms. The fraction of sp³-hybridized carbons (Fsp3) is 0.368. The molecule has 0 spiro atoms. The SMILES string of the molecule is Cc1cccc2c(=O)n(CCC(=O)Nc3nc4c(s3)CN(C)CC4)cnc12. The second-order valence-electron chi connectivity index (χ2n) is 6.89. The van der Waals surface area contributed by atoms with E-state index in [0.717, 1.165) is 30.8 Å². The largest absolute Gasteiger partial charge is 0.302 e. The molecule has 3 heterocycles. The van der Waals surface area contributed by atoms with Crippen molar-refractivity contribution in [3.05, 3.63) is 51.0 Å². The zero-order valence-corrected chi connectivity index (χ0v) is 16.2. The van der Waals surface area contributed by atoms with Crippen LogP contribution in [0.4, 0.5) is 5.13 Å². The number of nitrogens with zero attached hydrogens (tertiary/aromatic N) is 4. The summed E-state index contributed by atoms with van der Waals surface area (Å²) in [6.45, 7) is 4.08. The van der Waals surface area contributed by atoms with Crippen LogP contribution >= 0.6 is 11.3 Å². The van der Waals surface area contributed by atoms with Gasteiger partial charge in [-0.2, -0.15) is 0 Å². The second-order valence-corrected chi connectivity index (χ2v) is 7.97. The Morgan fingerprint density at radius 1 is 1.37 bits per heavy atom. The Morgan fingerprint density at radius 3 is 3.07 bits per heavy atom. The maximum atomic E-state index is 12.6. The van der Waals surface area contributed by atoms with E-state index in [9.17, 15) is 9.59 Å².